The van der Waals surface area contributed by atoms with E-state index in [1.54, 1.807) is 10.9 Å². The molecule has 0 unspecified atom stereocenters. The zero-order chi connectivity index (χ0) is 11.3. The van der Waals surface area contributed by atoms with E-state index < -0.39 is 0 Å². The van der Waals surface area contributed by atoms with E-state index in [4.69, 9.17) is 0 Å². The Morgan fingerprint density at radius 2 is 2.20 bits per heavy atom. The molecule has 0 spiro atoms. The smallest absolute Gasteiger partial charge is 0.305 e. The van der Waals surface area contributed by atoms with E-state index >= 15 is 0 Å². The summed E-state index contributed by atoms with van der Waals surface area (Å²) in [6.45, 7) is 2.67. The predicted molar refractivity (Wildman–Crippen MR) is 53.5 cm³/mol. The average Bonchev–Trinajstić information content (AvgIpc) is 2.73. The fraction of sp³-hybridized carbons (Fsp3) is 0.500. The molecule has 0 radical (unpaired) electrons. The highest BCUT2D eigenvalue weighted by Crippen LogP contribution is 2.05. The maximum Gasteiger partial charge on any atom is 0.305 e. The van der Waals surface area contributed by atoms with Crippen molar-refractivity contribution in [2.45, 2.75) is 26.3 Å². The molecule has 0 N–H and O–H groups in total. The van der Waals surface area contributed by atoms with Crippen LogP contribution in [0.2, 0.25) is 0 Å². The van der Waals surface area contributed by atoms with Gasteiger partial charge in [-0.05, 0) is 6.92 Å². The molecule has 1 aromatic rings. The molecule has 5 heteroatoms. The van der Waals surface area contributed by atoms with Gasteiger partial charge in [0, 0.05) is 19.2 Å². The molecule has 5 nitrogen and oxygen atoms in total. The summed E-state index contributed by atoms with van der Waals surface area (Å²) >= 11 is 0. The Morgan fingerprint density at radius 3 is 2.73 bits per heavy atom. The van der Waals surface area contributed by atoms with Crippen LogP contribution in [-0.4, -0.2) is 28.6 Å². The summed E-state index contributed by atoms with van der Waals surface area (Å²) in [7, 11) is 1.31. The molecule has 0 saturated carbocycles. The van der Waals surface area contributed by atoms with Gasteiger partial charge in [0.05, 0.1) is 25.3 Å². The Balaban J connectivity index is 2.50. The number of hydrogen-bond donors (Lipinski definition) is 0. The van der Waals surface area contributed by atoms with Gasteiger partial charge in [-0.3, -0.25) is 14.3 Å². The molecular weight excluding hydrogens is 196 g/mol. The minimum absolute atomic E-state index is 0.0832. The number of Topliss-reactive ketones (excluding diaryl/α,β-unsaturated/α-hetero) is 1. The number of aryl methyl sites for hydroxylation is 1. The van der Waals surface area contributed by atoms with E-state index in [9.17, 15) is 9.59 Å². The summed E-state index contributed by atoms with van der Waals surface area (Å²) in [6, 6.07) is 0. The number of carbonyl (C=O) groups is 2. The van der Waals surface area contributed by atoms with Crippen LogP contribution in [0, 0.1) is 0 Å². The van der Waals surface area contributed by atoms with Crippen LogP contribution in [0.1, 0.15) is 30.1 Å². The summed E-state index contributed by atoms with van der Waals surface area (Å²) in [5.41, 5.74) is 0.542. The van der Waals surface area contributed by atoms with E-state index in [-0.39, 0.29) is 24.6 Å². The summed E-state index contributed by atoms with van der Waals surface area (Å²) in [4.78, 5) is 22.3. The number of hydrogen-bond acceptors (Lipinski definition) is 4. The van der Waals surface area contributed by atoms with Gasteiger partial charge < -0.3 is 4.74 Å². The summed E-state index contributed by atoms with van der Waals surface area (Å²) in [6.07, 6.45) is 3.48. The number of rotatable bonds is 5. The third kappa shape index (κ3) is 3.19. The molecule has 0 bridgehead atoms. The first-order valence-corrected chi connectivity index (χ1v) is 4.79. The van der Waals surface area contributed by atoms with E-state index in [2.05, 4.69) is 9.84 Å². The molecule has 0 fully saturated rings. The highest BCUT2D eigenvalue weighted by atomic mass is 16.5. The first-order chi connectivity index (χ1) is 7.17. The van der Waals surface area contributed by atoms with Crippen LogP contribution in [-0.2, 0) is 16.1 Å². The van der Waals surface area contributed by atoms with Crippen molar-refractivity contribution in [3.8, 4) is 0 Å². The second kappa shape index (κ2) is 5.29. The highest BCUT2D eigenvalue weighted by Gasteiger charge is 2.10. The first-order valence-electron chi connectivity index (χ1n) is 4.79. The number of carbonyl (C=O) groups excluding carboxylic acids is 2. The van der Waals surface area contributed by atoms with Crippen molar-refractivity contribution in [2.75, 3.05) is 7.11 Å². The van der Waals surface area contributed by atoms with Crippen molar-refractivity contribution in [1.82, 2.24) is 9.78 Å². The maximum atomic E-state index is 11.5. The number of aromatic nitrogens is 2. The summed E-state index contributed by atoms with van der Waals surface area (Å²) in [5.74, 6) is -0.452. The number of ether oxygens (including phenoxy) is 1. The lowest BCUT2D eigenvalue weighted by Gasteiger charge is -1.97. The molecular formula is C10H14N2O3. The van der Waals surface area contributed by atoms with Crippen molar-refractivity contribution in [2.24, 2.45) is 0 Å². The van der Waals surface area contributed by atoms with E-state index in [0.29, 0.717) is 5.56 Å². The molecule has 0 aliphatic carbocycles. The lowest BCUT2D eigenvalue weighted by molar-refractivity contribution is -0.140. The Morgan fingerprint density at radius 1 is 1.47 bits per heavy atom. The van der Waals surface area contributed by atoms with Crippen LogP contribution >= 0.6 is 0 Å². The molecule has 0 saturated heterocycles. The van der Waals surface area contributed by atoms with Gasteiger partial charge in [0.15, 0.2) is 5.78 Å². The van der Waals surface area contributed by atoms with E-state index in [1.165, 1.54) is 13.3 Å². The minimum atomic E-state index is -0.369. The third-order valence-corrected chi connectivity index (χ3v) is 2.06. The highest BCUT2D eigenvalue weighted by molar-refractivity contribution is 5.97. The van der Waals surface area contributed by atoms with Crippen LogP contribution in [0.25, 0.3) is 0 Å². The lowest BCUT2D eigenvalue weighted by Crippen LogP contribution is -2.05. The van der Waals surface area contributed by atoms with Crippen molar-refractivity contribution < 1.29 is 14.3 Å². The molecule has 0 aliphatic rings. The zero-order valence-corrected chi connectivity index (χ0v) is 8.90. The average molecular weight is 210 g/mol. The fourth-order valence-corrected chi connectivity index (χ4v) is 1.14. The zero-order valence-electron chi connectivity index (χ0n) is 8.90. The van der Waals surface area contributed by atoms with Gasteiger partial charge in [-0.2, -0.15) is 5.10 Å². The maximum absolute atomic E-state index is 11.5. The van der Waals surface area contributed by atoms with Gasteiger partial charge in [-0.15, -0.1) is 0 Å². The summed E-state index contributed by atoms with van der Waals surface area (Å²) < 4.78 is 6.12. The van der Waals surface area contributed by atoms with Crippen LogP contribution in [0.5, 0.6) is 0 Å². The Kier molecular flexibility index (Phi) is 4.03. The normalized spacial score (nSPS) is 10.0. The van der Waals surface area contributed by atoms with Gasteiger partial charge >= 0.3 is 5.97 Å². The van der Waals surface area contributed by atoms with Gasteiger partial charge in [0.2, 0.25) is 0 Å². The topological polar surface area (TPSA) is 61.2 Å². The largest absolute Gasteiger partial charge is 0.469 e. The molecule has 1 heterocycles. The fourth-order valence-electron chi connectivity index (χ4n) is 1.14. The van der Waals surface area contributed by atoms with Gasteiger partial charge in [0.1, 0.15) is 0 Å². The number of ketones is 1. The molecule has 0 atom stereocenters. The second-order valence-corrected chi connectivity index (χ2v) is 3.08. The minimum Gasteiger partial charge on any atom is -0.469 e. The number of methoxy groups -OCH3 is 1. The number of esters is 1. The molecule has 0 aliphatic heterocycles. The van der Waals surface area contributed by atoms with Crippen LogP contribution in [0.4, 0.5) is 0 Å². The number of nitrogens with zero attached hydrogens (tertiary/aromatic N) is 2. The Bertz CT molecular complexity index is 357. The standard InChI is InChI=1S/C10H14N2O3/c1-3-12-7-8(6-11-12)9(13)4-5-10(14)15-2/h6-7H,3-5H2,1-2H3. The van der Waals surface area contributed by atoms with Gasteiger partial charge in [-0.25, -0.2) is 0 Å². The van der Waals surface area contributed by atoms with Crippen molar-refractivity contribution in [1.29, 1.82) is 0 Å². The van der Waals surface area contributed by atoms with Crippen LogP contribution in [0.3, 0.4) is 0 Å². The Labute approximate surface area is 88.0 Å². The van der Waals surface area contributed by atoms with E-state index in [1.807, 2.05) is 6.92 Å². The first kappa shape index (κ1) is 11.4. The lowest BCUT2D eigenvalue weighted by atomic mass is 10.1. The van der Waals surface area contributed by atoms with Crippen molar-refractivity contribution >= 4 is 11.8 Å². The van der Waals surface area contributed by atoms with Crippen molar-refractivity contribution in [3.63, 3.8) is 0 Å². The van der Waals surface area contributed by atoms with Gasteiger partial charge in [0.25, 0.3) is 0 Å². The van der Waals surface area contributed by atoms with Crippen molar-refractivity contribution in [3.05, 3.63) is 18.0 Å². The molecule has 0 amide bonds. The molecule has 1 aromatic heterocycles. The SMILES string of the molecule is CCn1cc(C(=O)CCC(=O)OC)cn1. The monoisotopic (exact) mass is 210 g/mol. The third-order valence-electron chi connectivity index (χ3n) is 2.06. The predicted octanol–water partition coefficient (Wildman–Crippen LogP) is 1.04. The second-order valence-electron chi connectivity index (χ2n) is 3.08. The van der Waals surface area contributed by atoms with Gasteiger partial charge in [-0.1, -0.05) is 0 Å². The molecule has 15 heavy (non-hydrogen) atoms. The van der Waals surface area contributed by atoms with Crippen LogP contribution in [0.15, 0.2) is 12.4 Å². The molecule has 0 aromatic carbocycles. The molecule has 1 rings (SSSR count). The van der Waals surface area contributed by atoms with Crippen LogP contribution < -0.4 is 0 Å². The van der Waals surface area contributed by atoms with E-state index in [0.717, 1.165) is 6.54 Å². The Hall–Kier alpha value is -1.65. The quantitative estimate of drug-likeness (QED) is 0.538. The summed E-state index contributed by atoms with van der Waals surface area (Å²) in [5, 5.41) is 3.98. The molecule has 82 valence electrons.